The average Bonchev–Trinajstić information content (AvgIpc) is 2.97. The van der Waals surface area contributed by atoms with Gasteiger partial charge in [0.15, 0.2) is 0 Å². The van der Waals surface area contributed by atoms with Crippen molar-refractivity contribution in [2.24, 2.45) is 5.14 Å². The van der Waals surface area contributed by atoms with Crippen LogP contribution in [-0.2, 0) is 27.7 Å². The molecule has 3 N–H and O–H groups in total. The van der Waals surface area contributed by atoms with E-state index in [4.69, 9.17) is 9.56 Å². The molecule has 1 aromatic heterocycles. The first-order valence-electron chi connectivity index (χ1n) is 8.60. The van der Waals surface area contributed by atoms with Gasteiger partial charge in [-0.2, -0.15) is 0 Å². The highest BCUT2D eigenvalue weighted by Crippen LogP contribution is 2.25. The first kappa shape index (κ1) is 19.1. The number of hydrogen-bond donors (Lipinski definition) is 2. The van der Waals surface area contributed by atoms with E-state index in [1.165, 1.54) is 12.1 Å². The smallest absolute Gasteiger partial charge is 0.238 e. The van der Waals surface area contributed by atoms with E-state index < -0.39 is 10.0 Å². The van der Waals surface area contributed by atoms with Crippen LogP contribution in [0.1, 0.15) is 22.3 Å². The van der Waals surface area contributed by atoms with E-state index in [0.717, 1.165) is 33.2 Å². The Balaban J connectivity index is 1.57. The topological polar surface area (TPSA) is 102 Å². The molecule has 3 aromatic rings. The minimum Gasteiger partial charge on any atom is -0.464 e. The number of furan rings is 1. The quantitative estimate of drug-likeness (QED) is 0.680. The largest absolute Gasteiger partial charge is 0.464 e. The van der Waals surface area contributed by atoms with Crippen molar-refractivity contribution in [2.75, 3.05) is 6.54 Å². The number of primary sulfonamides is 1. The second-order valence-electron chi connectivity index (χ2n) is 6.66. The standard InChI is InChI=1S/C20H22N2O4S/c1-13-9-18-16(12-26-19(18)10-14(13)2)11-20(23)22-8-7-15-3-5-17(6-4-15)27(21,24)25/h3-6,9-10,12H,7-8,11H2,1-2H3,(H,22,23)(H2,21,24,25). The number of sulfonamides is 1. The van der Waals surface area contributed by atoms with E-state index in [0.29, 0.717) is 13.0 Å². The van der Waals surface area contributed by atoms with Gasteiger partial charge in [0.05, 0.1) is 17.6 Å². The molecule has 0 bridgehead atoms. The minimum absolute atomic E-state index is 0.0765. The first-order valence-corrected chi connectivity index (χ1v) is 10.1. The number of amides is 1. The maximum atomic E-state index is 12.2. The van der Waals surface area contributed by atoms with Crippen molar-refractivity contribution in [2.45, 2.75) is 31.6 Å². The highest BCUT2D eigenvalue weighted by molar-refractivity contribution is 7.89. The van der Waals surface area contributed by atoms with Gasteiger partial charge in [-0.05, 0) is 61.2 Å². The fourth-order valence-corrected chi connectivity index (χ4v) is 3.42. The van der Waals surface area contributed by atoms with E-state index in [1.807, 2.05) is 26.0 Å². The molecule has 0 atom stereocenters. The van der Waals surface area contributed by atoms with Crippen molar-refractivity contribution in [3.63, 3.8) is 0 Å². The van der Waals surface area contributed by atoms with Crippen LogP contribution in [0.4, 0.5) is 0 Å². The number of fused-ring (bicyclic) bond motifs is 1. The zero-order valence-corrected chi connectivity index (χ0v) is 16.1. The Morgan fingerprint density at radius 2 is 1.78 bits per heavy atom. The lowest BCUT2D eigenvalue weighted by atomic mass is 10.0. The summed E-state index contributed by atoms with van der Waals surface area (Å²) in [5, 5.41) is 8.92. The molecule has 1 amide bonds. The molecule has 0 spiro atoms. The van der Waals surface area contributed by atoms with Crippen LogP contribution < -0.4 is 10.5 Å². The van der Waals surface area contributed by atoms with Crippen LogP contribution in [0.25, 0.3) is 11.0 Å². The van der Waals surface area contributed by atoms with Gasteiger partial charge in [0.1, 0.15) is 5.58 Å². The fourth-order valence-electron chi connectivity index (χ4n) is 2.90. The Morgan fingerprint density at radius 1 is 1.11 bits per heavy atom. The molecule has 0 aliphatic carbocycles. The van der Waals surface area contributed by atoms with Crippen molar-refractivity contribution in [3.05, 3.63) is 64.9 Å². The molecule has 0 aliphatic rings. The Labute approximate surface area is 158 Å². The fraction of sp³-hybridized carbons (Fsp3) is 0.250. The maximum Gasteiger partial charge on any atom is 0.238 e. The molecule has 0 aliphatic heterocycles. The van der Waals surface area contributed by atoms with Gasteiger partial charge < -0.3 is 9.73 Å². The lowest BCUT2D eigenvalue weighted by molar-refractivity contribution is -0.120. The highest BCUT2D eigenvalue weighted by atomic mass is 32.2. The van der Waals surface area contributed by atoms with Crippen LogP contribution in [0.3, 0.4) is 0 Å². The summed E-state index contributed by atoms with van der Waals surface area (Å²) in [6.07, 6.45) is 2.48. The van der Waals surface area contributed by atoms with Crippen molar-refractivity contribution in [3.8, 4) is 0 Å². The van der Waals surface area contributed by atoms with Crippen molar-refractivity contribution in [1.29, 1.82) is 0 Å². The van der Waals surface area contributed by atoms with Crippen LogP contribution in [0.5, 0.6) is 0 Å². The molecule has 3 rings (SSSR count). The molecule has 0 fully saturated rings. The van der Waals surface area contributed by atoms with Gasteiger partial charge >= 0.3 is 0 Å². The summed E-state index contributed by atoms with van der Waals surface area (Å²) < 4.78 is 28.0. The molecule has 142 valence electrons. The number of aryl methyl sites for hydroxylation is 2. The van der Waals surface area contributed by atoms with Crippen LogP contribution in [0, 0.1) is 13.8 Å². The SMILES string of the molecule is Cc1cc2occ(CC(=O)NCCc3ccc(S(N)(=O)=O)cc3)c2cc1C. The number of rotatable bonds is 6. The third-order valence-electron chi connectivity index (χ3n) is 4.61. The zero-order chi connectivity index (χ0) is 19.6. The van der Waals surface area contributed by atoms with E-state index in [1.54, 1.807) is 18.4 Å². The number of hydrogen-bond acceptors (Lipinski definition) is 4. The van der Waals surface area contributed by atoms with Crippen molar-refractivity contribution >= 4 is 26.9 Å². The van der Waals surface area contributed by atoms with Crippen LogP contribution in [0.2, 0.25) is 0 Å². The second-order valence-corrected chi connectivity index (χ2v) is 8.22. The molecule has 6 nitrogen and oxygen atoms in total. The Bertz CT molecular complexity index is 1080. The van der Waals surface area contributed by atoms with Crippen molar-refractivity contribution < 1.29 is 17.6 Å². The lowest BCUT2D eigenvalue weighted by Crippen LogP contribution is -2.27. The van der Waals surface area contributed by atoms with Gasteiger partial charge in [-0.1, -0.05) is 12.1 Å². The summed E-state index contributed by atoms with van der Waals surface area (Å²) in [6.45, 7) is 4.52. The molecule has 0 unspecified atom stereocenters. The number of nitrogens with one attached hydrogen (secondary N) is 1. The summed E-state index contributed by atoms with van der Waals surface area (Å²) in [6, 6.07) is 10.4. The molecule has 0 radical (unpaired) electrons. The number of carbonyl (C=O) groups is 1. The van der Waals surface area contributed by atoms with E-state index in [9.17, 15) is 13.2 Å². The third kappa shape index (κ3) is 4.56. The van der Waals surface area contributed by atoms with E-state index in [-0.39, 0.29) is 17.2 Å². The Kier molecular flexibility index (Phi) is 5.34. The van der Waals surface area contributed by atoms with Crippen LogP contribution in [0.15, 0.2) is 52.0 Å². The predicted molar refractivity (Wildman–Crippen MR) is 104 cm³/mol. The number of benzene rings is 2. The molecule has 0 saturated carbocycles. The first-order chi connectivity index (χ1) is 12.7. The maximum absolute atomic E-state index is 12.2. The van der Waals surface area contributed by atoms with E-state index >= 15 is 0 Å². The Morgan fingerprint density at radius 3 is 2.44 bits per heavy atom. The summed E-state index contributed by atoms with van der Waals surface area (Å²) in [4.78, 5) is 12.3. The molecular weight excluding hydrogens is 364 g/mol. The average molecular weight is 386 g/mol. The van der Waals surface area contributed by atoms with Crippen LogP contribution in [-0.4, -0.2) is 20.9 Å². The molecule has 7 heteroatoms. The monoisotopic (exact) mass is 386 g/mol. The normalized spacial score (nSPS) is 11.7. The van der Waals surface area contributed by atoms with Gasteiger partial charge in [-0.15, -0.1) is 0 Å². The van der Waals surface area contributed by atoms with Gasteiger partial charge in [0, 0.05) is 17.5 Å². The molecule has 2 aromatic carbocycles. The highest BCUT2D eigenvalue weighted by Gasteiger charge is 2.12. The van der Waals surface area contributed by atoms with Gasteiger partial charge in [-0.3, -0.25) is 4.79 Å². The lowest BCUT2D eigenvalue weighted by Gasteiger charge is -2.06. The van der Waals surface area contributed by atoms with Gasteiger partial charge in [0.25, 0.3) is 0 Å². The van der Waals surface area contributed by atoms with Gasteiger partial charge in [-0.25, -0.2) is 13.6 Å². The van der Waals surface area contributed by atoms with Crippen LogP contribution >= 0.6 is 0 Å². The predicted octanol–water partition coefficient (Wildman–Crippen LogP) is 2.60. The molecule has 0 saturated heterocycles. The number of carbonyl (C=O) groups excluding carboxylic acids is 1. The summed E-state index contributed by atoms with van der Waals surface area (Å²) >= 11 is 0. The number of nitrogens with two attached hydrogens (primary N) is 1. The molecule has 27 heavy (non-hydrogen) atoms. The summed E-state index contributed by atoms with van der Waals surface area (Å²) in [5.41, 5.74) is 4.89. The summed E-state index contributed by atoms with van der Waals surface area (Å²) in [5.74, 6) is -0.0860. The van der Waals surface area contributed by atoms with Gasteiger partial charge in [0.2, 0.25) is 15.9 Å². The minimum atomic E-state index is -3.69. The molecule has 1 heterocycles. The Hall–Kier alpha value is -2.64. The van der Waals surface area contributed by atoms with Crippen molar-refractivity contribution in [1.82, 2.24) is 5.32 Å². The van der Waals surface area contributed by atoms with E-state index in [2.05, 4.69) is 5.32 Å². The summed E-state index contributed by atoms with van der Waals surface area (Å²) in [7, 11) is -3.69. The zero-order valence-electron chi connectivity index (χ0n) is 15.3. The molecular formula is C20H22N2O4S. The third-order valence-corrected chi connectivity index (χ3v) is 5.54. The second kappa shape index (κ2) is 7.54.